The number of aromatic nitrogens is 3. The van der Waals surface area contributed by atoms with E-state index in [-0.39, 0.29) is 18.2 Å². The van der Waals surface area contributed by atoms with Crippen molar-refractivity contribution in [3.8, 4) is 23.6 Å². The SMILES string of the molecule is C#CCN(C(C)=O)c1cccc(-c2ccnc3c(C(=O)c4ccc(C)cc4)cnn23)c1. The Morgan fingerprint density at radius 3 is 2.61 bits per heavy atom. The third-order valence-corrected chi connectivity index (χ3v) is 5.04. The number of terminal acetylenes is 1. The molecular weight excluding hydrogens is 388 g/mol. The summed E-state index contributed by atoms with van der Waals surface area (Å²) in [5.74, 6) is 2.24. The van der Waals surface area contributed by atoms with E-state index in [0.717, 1.165) is 16.8 Å². The zero-order valence-electron chi connectivity index (χ0n) is 17.2. The van der Waals surface area contributed by atoms with E-state index in [9.17, 15) is 9.59 Å². The van der Waals surface area contributed by atoms with Crippen molar-refractivity contribution in [1.82, 2.24) is 14.6 Å². The molecule has 0 bridgehead atoms. The molecule has 0 saturated heterocycles. The Bertz CT molecular complexity index is 1330. The van der Waals surface area contributed by atoms with Crippen LogP contribution in [-0.4, -0.2) is 32.8 Å². The molecule has 4 rings (SSSR count). The maximum Gasteiger partial charge on any atom is 0.224 e. The van der Waals surface area contributed by atoms with Gasteiger partial charge in [0.05, 0.1) is 24.0 Å². The zero-order valence-corrected chi connectivity index (χ0v) is 17.2. The minimum absolute atomic E-state index is 0.134. The number of carbonyl (C=O) groups is 2. The highest BCUT2D eigenvalue weighted by atomic mass is 16.2. The van der Waals surface area contributed by atoms with Gasteiger partial charge in [0.15, 0.2) is 11.4 Å². The molecule has 0 spiro atoms. The number of benzene rings is 2. The Morgan fingerprint density at radius 1 is 1.13 bits per heavy atom. The molecule has 2 aromatic heterocycles. The molecule has 0 aliphatic heterocycles. The Labute approximate surface area is 180 Å². The van der Waals surface area contributed by atoms with Crippen molar-refractivity contribution in [3.05, 3.63) is 83.7 Å². The standard InChI is InChI=1S/C25H20N4O2/c1-4-14-28(18(3)30)21-7-5-6-20(15-21)23-12-13-26-25-22(16-27-29(23)25)24(31)19-10-8-17(2)9-11-19/h1,5-13,15-16H,14H2,2-3H3. The van der Waals surface area contributed by atoms with Crippen LogP contribution in [0.4, 0.5) is 5.69 Å². The van der Waals surface area contributed by atoms with Gasteiger partial charge in [0.2, 0.25) is 5.91 Å². The van der Waals surface area contributed by atoms with Crippen LogP contribution in [0.15, 0.2) is 67.0 Å². The van der Waals surface area contributed by atoms with Crippen molar-refractivity contribution >= 4 is 23.0 Å². The molecule has 2 aromatic carbocycles. The maximum atomic E-state index is 13.0. The Kier molecular flexibility index (Phi) is 5.33. The molecule has 6 nitrogen and oxygen atoms in total. The molecule has 0 N–H and O–H groups in total. The van der Waals surface area contributed by atoms with Crippen molar-refractivity contribution in [2.75, 3.05) is 11.4 Å². The van der Waals surface area contributed by atoms with Crippen LogP contribution >= 0.6 is 0 Å². The minimum Gasteiger partial charge on any atom is -0.301 e. The van der Waals surface area contributed by atoms with Gasteiger partial charge in [-0.05, 0) is 25.1 Å². The van der Waals surface area contributed by atoms with Gasteiger partial charge in [-0.25, -0.2) is 9.50 Å². The first-order valence-corrected chi connectivity index (χ1v) is 9.75. The van der Waals surface area contributed by atoms with Gasteiger partial charge in [0, 0.05) is 29.9 Å². The molecule has 0 fully saturated rings. The predicted octanol–water partition coefficient (Wildman–Crippen LogP) is 3.92. The zero-order chi connectivity index (χ0) is 22.0. The van der Waals surface area contributed by atoms with Crippen LogP contribution in [0.5, 0.6) is 0 Å². The molecular formula is C25H20N4O2. The second kappa shape index (κ2) is 8.25. The lowest BCUT2D eigenvalue weighted by atomic mass is 10.0. The second-order valence-corrected chi connectivity index (χ2v) is 7.18. The van der Waals surface area contributed by atoms with Crippen LogP contribution in [0.25, 0.3) is 16.9 Å². The molecule has 1 amide bonds. The number of hydrogen-bond acceptors (Lipinski definition) is 4. The summed E-state index contributed by atoms with van der Waals surface area (Å²) in [5.41, 5.74) is 4.84. The Balaban J connectivity index is 1.78. The van der Waals surface area contributed by atoms with Crippen LogP contribution in [0.1, 0.15) is 28.4 Å². The summed E-state index contributed by atoms with van der Waals surface area (Å²) in [6.45, 7) is 3.63. The smallest absolute Gasteiger partial charge is 0.224 e. The highest BCUT2D eigenvalue weighted by Gasteiger charge is 2.18. The van der Waals surface area contributed by atoms with Crippen molar-refractivity contribution < 1.29 is 9.59 Å². The molecule has 6 heteroatoms. The van der Waals surface area contributed by atoms with E-state index in [2.05, 4.69) is 16.0 Å². The van der Waals surface area contributed by atoms with E-state index < -0.39 is 0 Å². The highest BCUT2D eigenvalue weighted by molar-refractivity contribution is 6.12. The van der Waals surface area contributed by atoms with Gasteiger partial charge in [0.25, 0.3) is 0 Å². The van der Waals surface area contributed by atoms with Gasteiger partial charge in [-0.3, -0.25) is 9.59 Å². The Morgan fingerprint density at radius 2 is 1.90 bits per heavy atom. The summed E-state index contributed by atoms with van der Waals surface area (Å²) in [6, 6.07) is 16.7. The summed E-state index contributed by atoms with van der Waals surface area (Å²) >= 11 is 0. The van der Waals surface area contributed by atoms with Crippen molar-refractivity contribution in [1.29, 1.82) is 0 Å². The van der Waals surface area contributed by atoms with E-state index in [1.165, 1.54) is 18.0 Å². The first-order chi connectivity index (χ1) is 15.0. The van der Waals surface area contributed by atoms with E-state index in [4.69, 9.17) is 6.42 Å². The average Bonchev–Trinajstić information content (AvgIpc) is 3.21. The summed E-state index contributed by atoms with van der Waals surface area (Å²) in [5, 5.41) is 4.43. The van der Waals surface area contributed by atoms with E-state index in [1.807, 2.05) is 49.4 Å². The largest absolute Gasteiger partial charge is 0.301 e. The lowest BCUT2D eigenvalue weighted by Gasteiger charge is -2.19. The van der Waals surface area contributed by atoms with Crippen molar-refractivity contribution in [2.45, 2.75) is 13.8 Å². The monoisotopic (exact) mass is 408 g/mol. The number of carbonyl (C=O) groups excluding carboxylic acids is 2. The molecule has 0 unspecified atom stereocenters. The Hall–Kier alpha value is -4.24. The fourth-order valence-electron chi connectivity index (χ4n) is 3.44. The number of hydrogen-bond donors (Lipinski definition) is 0. The molecule has 4 aromatic rings. The van der Waals surface area contributed by atoms with Gasteiger partial charge in [-0.2, -0.15) is 5.10 Å². The summed E-state index contributed by atoms with van der Waals surface area (Å²) in [4.78, 5) is 30.9. The van der Waals surface area contributed by atoms with E-state index >= 15 is 0 Å². The van der Waals surface area contributed by atoms with Gasteiger partial charge < -0.3 is 4.90 Å². The van der Waals surface area contributed by atoms with Crippen LogP contribution < -0.4 is 4.90 Å². The lowest BCUT2D eigenvalue weighted by Crippen LogP contribution is -2.28. The normalized spacial score (nSPS) is 10.6. The quantitative estimate of drug-likeness (QED) is 0.371. The van der Waals surface area contributed by atoms with Crippen molar-refractivity contribution in [2.24, 2.45) is 0 Å². The van der Waals surface area contributed by atoms with Crippen LogP contribution in [-0.2, 0) is 4.79 Å². The maximum absolute atomic E-state index is 13.0. The third-order valence-electron chi connectivity index (χ3n) is 5.04. The molecule has 0 saturated carbocycles. The molecule has 0 aliphatic rings. The number of anilines is 1. The number of fused-ring (bicyclic) bond motifs is 1. The highest BCUT2D eigenvalue weighted by Crippen LogP contribution is 2.26. The number of rotatable bonds is 5. The van der Waals surface area contributed by atoms with Crippen LogP contribution in [0.2, 0.25) is 0 Å². The number of amides is 1. The molecule has 152 valence electrons. The van der Waals surface area contributed by atoms with Gasteiger partial charge in [-0.1, -0.05) is 47.9 Å². The summed E-state index contributed by atoms with van der Waals surface area (Å²) < 4.78 is 1.64. The van der Waals surface area contributed by atoms with Crippen LogP contribution in [0.3, 0.4) is 0 Å². The molecule has 0 atom stereocenters. The molecule has 2 heterocycles. The topological polar surface area (TPSA) is 67.6 Å². The predicted molar refractivity (Wildman–Crippen MR) is 120 cm³/mol. The van der Waals surface area contributed by atoms with E-state index in [1.54, 1.807) is 22.8 Å². The number of ketones is 1. The molecule has 31 heavy (non-hydrogen) atoms. The minimum atomic E-state index is -0.139. The first-order valence-electron chi connectivity index (χ1n) is 9.75. The first kappa shape index (κ1) is 20.0. The van der Waals surface area contributed by atoms with Gasteiger partial charge in [-0.15, -0.1) is 6.42 Å². The summed E-state index contributed by atoms with van der Waals surface area (Å²) in [6.07, 6.45) is 8.60. The number of aryl methyl sites for hydroxylation is 1. The van der Waals surface area contributed by atoms with Gasteiger partial charge in [0.1, 0.15) is 0 Å². The fourth-order valence-corrected chi connectivity index (χ4v) is 3.44. The van der Waals surface area contributed by atoms with Gasteiger partial charge >= 0.3 is 0 Å². The lowest BCUT2D eigenvalue weighted by molar-refractivity contribution is -0.116. The third kappa shape index (κ3) is 3.81. The van der Waals surface area contributed by atoms with Crippen LogP contribution in [0, 0.1) is 19.3 Å². The number of nitrogens with zero attached hydrogens (tertiary/aromatic N) is 4. The fraction of sp³-hybridized carbons (Fsp3) is 0.120. The average molecular weight is 408 g/mol. The second-order valence-electron chi connectivity index (χ2n) is 7.18. The van der Waals surface area contributed by atoms with E-state index in [0.29, 0.717) is 22.5 Å². The summed E-state index contributed by atoms with van der Waals surface area (Å²) in [7, 11) is 0. The molecule has 0 radical (unpaired) electrons. The molecule has 0 aliphatic carbocycles. The van der Waals surface area contributed by atoms with Crippen molar-refractivity contribution in [3.63, 3.8) is 0 Å².